The smallest absolute Gasteiger partial charge is 0.0661 e. The average molecular weight is 262 g/mol. The quantitative estimate of drug-likeness (QED) is 0.847. The van der Waals surface area contributed by atoms with Crippen molar-refractivity contribution in [2.75, 3.05) is 6.61 Å². The molecule has 1 aliphatic heterocycles. The Morgan fingerprint density at radius 3 is 2.47 bits per heavy atom. The van der Waals surface area contributed by atoms with Crippen molar-refractivity contribution in [3.63, 3.8) is 0 Å². The van der Waals surface area contributed by atoms with E-state index in [-0.39, 0.29) is 17.6 Å². The number of benzene rings is 1. The number of hydrogen-bond acceptors (Lipinski definition) is 2. The molecule has 0 bridgehead atoms. The zero-order chi connectivity index (χ0) is 13.7. The standard InChI is InChI=1S/C17H26O2/c1-3-17(4-2,14-9-6-5-7-10-14)16(18)13-15-11-8-12-19-15/h5-7,9-10,15-16,18H,3-4,8,11-13H2,1-2H3. The molecule has 1 aliphatic rings. The summed E-state index contributed by atoms with van der Waals surface area (Å²) in [7, 11) is 0. The van der Waals surface area contributed by atoms with Gasteiger partial charge in [0.05, 0.1) is 12.2 Å². The van der Waals surface area contributed by atoms with Gasteiger partial charge in [-0.3, -0.25) is 0 Å². The van der Waals surface area contributed by atoms with Gasteiger partial charge in [-0.2, -0.15) is 0 Å². The van der Waals surface area contributed by atoms with E-state index in [1.165, 1.54) is 5.56 Å². The SMILES string of the molecule is CCC(CC)(c1ccccc1)C(O)CC1CCCO1. The summed E-state index contributed by atoms with van der Waals surface area (Å²) in [5, 5.41) is 10.8. The number of aliphatic hydroxyl groups excluding tert-OH is 1. The number of ether oxygens (including phenoxy) is 1. The minimum atomic E-state index is -0.326. The van der Waals surface area contributed by atoms with Gasteiger partial charge in [0.15, 0.2) is 0 Å². The Morgan fingerprint density at radius 2 is 1.95 bits per heavy atom. The largest absolute Gasteiger partial charge is 0.392 e. The van der Waals surface area contributed by atoms with Gasteiger partial charge in [0.2, 0.25) is 0 Å². The van der Waals surface area contributed by atoms with Crippen LogP contribution in [0.5, 0.6) is 0 Å². The molecule has 2 heteroatoms. The molecule has 0 aromatic heterocycles. The predicted molar refractivity (Wildman–Crippen MR) is 78.3 cm³/mol. The topological polar surface area (TPSA) is 29.5 Å². The lowest BCUT2D eigenvalue weighted by Gasteiger charge is -2.38. The molecule has 1 N–H and O–H groups in total. The minimum absolute atomic E-state index is 0.132. The first-order chi connectivity index (χ1) is 9.23. The fourth-order valence-corrected chi connectivity index (χ4v) is 3.40. The normalized spacial score (nSPS) is 21.5. The summed E-state index contributed by atoms with van der Waals surface area (Å²) in [4.78, 5) is 0. The van der Waals surface area contributed by atoms with Gasteiger partial charge in [-0.25, -0.2) is 0 Å². The van der Waals surface area contributed by atoms with E-state index >= 15 is 0 Å². The van der Waals surface area contributed by atoms with E-state index in [9.17, 15) is 5.11 Å². The predicted octanol–water partition coefficient (Wildman–Crippen LogP) is 3.67. The molecule has 0 radical (unpaired) electrons. The highest BCUT2D eigenvalue weighted by Gasteiger charge is 2.38. The Morgan fingerprint density at radius 1 is 1.26 bits per heavy atom. The van der Waals surface area contributed by atoms with E-state index in [2.05, 4.69) is 38.1 Å². The Bertz CT molecular complexity index is 364. The zero-order valence-electron chi connectivity index (χ0n) is 12.1. The van der Waals surface area contributed by atoms with Crippen molar-refractivity contribution < 1.29 is 9.84 Å². The minimum Gasteiger partial charge on any atom is -0.392 e. The summed E-state index contributed by atoms with van der Waals surface area (Å²) in [5.74, 6) is 0. The summed E-state index contributed by atoms with van der Waals surface area (Å²) >= 11 is 0. The van der Waals surface area contributed by atoms with E-state index < -0.39 is 0 Å². The average Bonchev–Trinajstić information content (AvgIpc) is 2.95. The Kier molecular flexibility index (Phi) is 5.00. The summed E-state index contributed by atoms with van der Waals surface area (Å²) in [6.07, 6.45) is 4.83. The highest BCUT2D eigenvalue weighted by Crippen LogP contribution is 2.38. The Labute approximate surface area is 116 Å². The molecule has 0 aliphatic carbocycles. The summed E-state index contributed by atoms with van der Waals surface area (Å²) < 4.78 is 5.68. The van der Waals surface area contributed by atoms with Crippen LogP contribution in [0.4, 0.5) is 0 Å². The van der Waals surface area contributed by atoms with Crippen LogP contribution in [0.1, 0.15) is 51.5 Å². The summed E-state index contributed by atoms with van der Waals surface area (Å²) in [6.45, 7) is 5.21. The lowest BCUT2D eigenvalue weighted by Crippen LogP contribution is -2.40. The molecule has 2 rings (SSSR count). The van der Waals surface area contributed by atoms with E-state index in [1.54, 1.807) is 0 Å². The van der Waals surface area contributed by atoms with Crippen molar-refractivity contribution in [2.24, 2.45) is 0 Å². The van der Waals surface area contributed by atoms with Crippen molar-refractivity contribution in [3.05, 3.63) is 35.9 Å². The molecule has 2 atom stereocenters. The first-order valence-electron chi connectivity index (χ1n) is 7.58. The second kappa shape index (κ2) is 6.53. The fraction of sp³-hybridized carbons (Fsp3) is 0.647. The first kappa shape index (κ1) is 14.5. The molecular weight excluding hydrogens is 236 g/mol. The first-order valence-corrected chi connectivity index (χ1v) is 7.58. The third kappa shape index (κ3) is 3.01. The second-order valence-corrected chi connectivity index (χ2v) is 5.62. The number of rotatable bonds is 6. The summed E-state index contributed by atoms with van der Waals surface area (Å²) in [5.41, 5.74) is 1.12. The van der Waals surface area contributed by atoms with Crippen molar-refractivity contribution in [3.8, 4) is 0 Å². The molecule has 2 unspecified atom stereocenters. The van der Waals surface area contributed by atoms with Crippen LogP contribution in [-0.2, 0) is 10.2 Å². The van der Waals surface area contributed by atoms with Crippen molar-refractivity contribution in [1.82, 2.24) is 0 Å². The van der Waals surface area contributed by atoms with Crippen LogP contribution >= 0.6 is 0 Å². The van der Waals surface area contributed by atoms with Gasteiger partial charge in [0, 0.05) is 18.4 Å². The van der Waals surface area contributed by atoms with Crippen molar-refractivity contribution in [2.45, 2.75) is 63.6 Å². The monoisotopic (exact) mass is 262 g/mol. The maximum Gasteiger partial charge on any atom is 0.0661 e. The van der Waals surface area contributed by atoms with Crippen LogP contribution in [0.2, 0.25) is 0 Å². The molecule has 19 heavy (non-hydrogen) atoms. The molecule has 1 aromatic carbocycles. The van der Waals surface area contributed by atoms with Gasteiger partial charge in [-0.05, 0) is 31.2 Å². The molecule has 0 saturated carbocycles. The molecule has 1 aromatic rings. The van der Waals surface area contributed by atoms with Crippen LogP contribution in [-0.4, -0.2) is 23.9 Å². The molecule has 0 amide bonds. The number of hydrogen-bond donors (Lipinski definition) is 1. The van der Waals surface area contributed by atoms with Gasteiger partial charge in [0.1, 0.15) is 0 Å². The zero-order valence-corrected chi connectivity index (χ0v) is 12.1. The van der Waals surface area contributed by atoms with Crippen LogP contribution in [0, 0.1) is 0 Å². The van der Waals surface area contributed by atoms with E-state index in [1.807, 2.05) is 6.07 Å². The molecule has 1 saturated heterocycles. The van der Waals surface area contributed by atoms with Gasteiger partial charge >= 0.3 is 0 Å². The molecule has 1 fully saturated rings. The fourth-order valence-electron chi connectivity index (χ4n) is 3.40. The number of aliphatic hydroxyl groups is 1. The highest BCUT2D eigenvalue weighted by molar-refractivity contribution is 5.27. The molecular formula is C17H26O2. The highest BCUT2D eigenvalue weighted by atomic mass is 16.5. The second-order valence-electron chi connectivity index (χ2n) is 5.62. The third-order valence-electron chi connectivity index (χ3n) is 4.76. The van der Waals surface area contributed by atoms with Crippen LogP contribution in [0.3, 0.4) is 0 Å². The summed E-state index contributed by atoms with van der Waals surface area (Å²) in [6, 6.07) is 10.5. The maximum atomic E-state index is 10.8. The van der Waals surface area contributed by atoms with Crippen LogP contribution < -0.4 is 0 Å². The van der Waals surface area contributed by atoms with E-state index in [4.69, 9.17) is 4.74 Å². The van der Waals surface area contributed by atoms with Gasteiger partial charge < -0.3 is 9.84 Å². The molecule has 1 heterocycles. The van der Waals surface area contributed by atoms with E-state index in [0.717, 1.165) is 38.7 Å². The van der Waals surface area contributed by atoms with Crippen LogP contribution in [0.25, 0.3) is 0 Å². The Balaban J connectivity index is 2.17. The van der Waals surface area contributed by atoms with Crippen molar-refractivity contribution >= 4 is 0 Å². The lowest BCUT2D eigenvalue weighted by atomic mass is 9.70. The third-order valence-corrected chi connectivity index (χ3v) is 4.76. The van der Waals surface area contributed by atoms with Crippen LogP contribution in [0.15, 0.2) is 30.3 Å². The van der Waals surface area contributed by atoms with E-state index in [0.29, 0.717) is 0 Å². The van der Waals surface area contributed by atoms with Gasteiger partial charge in [-0.15, -0.1) is 0 Å². The Hall–Kier alpha value is -0.860. The molecule has 106 valence electrons. The van der Waals surface area contributed by atoms with Gasteiger partial charge in [-0.1, -0.05) is 44.2 Å². The van der Waals surface area contributed by atoms with Gasteiger partial charge in [0.25, 0.3) is 0 Å². The maximum absolute atomic E-state index is 10.8. The molecule has 0 spiro atoms. The molecule has 2 nitrogen and oxygen atoms in total. The van der Waals surface area contributed by atoms with Crippen molar-refractivity contribution in [1.29, 1.82) is 0 Å². The lowest BCUT2D eigenvalue weighted by molar-refractivity contribution is 0.01000.